The van der Waals surface area contributed by atoms with Gasteiger partial charge < -0.3 is 16.0 Å². The monoisotopic (exact) mass is 262 g/mol. The lowest BCUT2D eigenvalue weighted by atomic mass is 10.00. The van der Waals surface area contributed by atoms with Gasteiger partial charge in [0.2, 0.25) is 5.91 Å². The maximum Gasteiger partial charge on any atom is 0.242 e. The van der Waals surface area contributed by atoms with Crippen LogP contribution in [0.1, 0.15) is 30.4 Å². The van der Waals surface area contributed by atoms with Gasteiger partial charge in [0, 0.05) is 31.9 Å². The SMILES string of the molecule is CNC(=O)C1CCCCN1c1nccc(C)c1CN. The van der Waals surface area contributed by atoms with Crippen LogP contribution in [0.2, 0.25) is 0 Å². The third-order valence-corrected chi connectivity index (χ3v) is 3.80. The first-order chi connectivity index (χ1) is 9.19. The van der Waals surface area contributed by atoms with Gasteiger partial charge in [-0.1, -0.05) is 0 Å². The van der Waals surface area contributed by atoms with Crippen molar-refractivity contribution in [1.29, 1.82) is 0 Å². The van der Waals surface area contributed by atoms with E-state index in [2.05, 4.69) is 15.2 Å². The second-order valence-electron chi connectivity index (χ2n) is 4.95. The van der Waals surface area contributed by atoms with E-state index < -0.39 is 0 Å². The number of rotatable bonds is 3. The molecule has 0 radical (unpaired) electrons. The number of aromatic nitrogens is 1. The van der Waals surface area contributed by atoms with Gasteiger partial charge in [-0.05, 0) is 37.8 Å². The van der Waals surface area contributed by atoms with E-state index in [-0.39, 0.29) is 11.9 Å². The lowest BCUT2D eigenvalue weighted by molar-refractivity contribution is -0.122. The first-order valence-electron chi connectivity index (χ1n) is 6.81. The summed E-state index contributed by atoms with van der Waals surface area (Å²) in [6.07, 6.45) is 4.84. The number of aryl methyl sites for hydroxylation is 1. The van der Waals surface area contributed by atoms with Crippen molar-refractivity contribution in [2.75, 3.05) is 18.5 Å². The standard InChI is InChI=1S/C14H22N4O/c1-10-6-7-17-13(11(10)9-15)18-8-4-3-5-12(18)14(19)16-2/h6-7,12H,3-5,8-9,15H2,1-2H3,(H,16,19). The van der Waals surface area contributed by atoms with E-state index in [9.17, 15) is 4.79 Å². The third kappa shape index (κ3) is 2.71. The van der Waals surface area contributed by atoms with Gasteiger partial charge in [0.05, 0.1) is 0 Å². The molecule has 1 saturated heterocycles. The average molecular weight is 262 g/mol. The lowest BCUT2D eigenvalue weighted by Crippen LogP contribution is -2.49. The van der Waals surface area contributed by atoms with Gasteiger partial charge in [-0.25, -0.2) is 4.98 Å². The predicted molar refractivity (Wildman–Crippen MR) is 75.9 cm³/mol. The van der Waals surface area contributed by atoms with Crippen molar-refractivity contribution in [3.63, 3.8) is 0 Å². The molecule has 1 aliphatic heterocycles. The van der Waals surface area contributed by atoms with E-state index in [4.69, 9.17) is 5.73 Å². The van der Waals surface area contributed by atoms with Crippen LogP contribution in [0.4, 0.5) is 5.82 Å². The molecule has 1 atom stereocenters. The predicted octanol–water partition coefficient (Wildman–Crippen LogP) is 0.954. The molecule has 2 heterocycles. The lowest BCUT2D eigenvalue weighted by Gasteiger charge is -2.36. The fraction of sp³-hybridized carbons (Fsp3) is 0.571. The number of nitrogens with two attached hydrogens (primary N) is 1. The smallest absolute Gasteiger partial charge is 0.242 e. The number of pyridine rings is 1. The Balaban J connectivity index is 2.37. The Hall–Kier alpha value is -1.62. The first kappa shape index (κ1) is 13.8. The van der Waals surface area contributed by atoms with E-state index in [1.54, 1.807) is 13.2 Å². The topological polar surface area (TPSA) is 71.2 Å². The van der Waals surface area contributed by atoms with Crippen LogP contribution in [-0.2, 0) is 11.3 Å². The number of hydrogen-bond donors (Lipinski definition) is 2. The zero-order valence-electron chi connectivity index (χ0n) is 11.6. The molecule has 1 aliphatic rings. The molecular formula is C14H22N4O. The molecule has 1 aromatic heterocycles. The minimum Gasteiger partial charge on any atom is -0.357 e. The first-order valence-corrected chi connectivity index (χ1v) is 6.81. The second-order valence-corrected chi connectivity index (χ2v) is 4.95. The molecule has 0 saturated carbocycles. The van der Waals surface area contributed by atoms with Gasteiger partial charge in [0.1, 0.15) is 11.9 Å². The molecule has 1 amide bonds. The van der Waals surface area contributed by atoms with Crippen LogP contribution in [-0.4, -0.2) is 30.5 Å². The van der Waals surface area contributed by atoms with Crippen molar-refractivity contribution < 1.29 is 4.79 Å². The van der Waals surface area contributed by atoms with Crippen molar-refractivity contribution >= 4 is 11.7 Å². The number of anilines is 1. The number of nitrogens with one attached hydrogen (secondary N) is 1. The fourth-order valence-corrected chi connectivity index (χ4v) is 2.70. The summed E-state index contributed by atoms with van der Waals surface area (Å²) >= 11 is 0. The Kier molecular flexibility index (Phi) is 4.37. The van der Waals surface area contributed by atoms with Crippen LogP contribution in [0.5, 0.6) is 0 Å². The Bertz CT molecular complexity index is 461. The Morgan fingerprint density at radius 1 is 1.58 bits per heavy atom. The second kappa shape index (κ2) is 6.02. The molecule has 1 aromatic rings. The zero-order chi connectivity index (χ0) is 13.8. The minimum atomic E-state index is -0.127. The maximum atomic E-state index is 12.0. The summed E-state index contributed by atoms with van der Waals surface area (Å²) in [7, 11) is 1.68. The number of hydrogen-bond acceptors (Lipinski definition) is 4. The third-order valence-electron chi connectivity index (χ3n) is 3.80. The van der Waals surface area contributed by atoms with Crippen LogP contribution in [0, 0.1) is 6.92 Å². The van der Waals surface area contributed by atoms with E-state index in [0.29, 0.717) is 6.54 Å². The summed E-state index contributed by atoms with van der Waals surface area (Å²) < 4.78 is 0. The number of amides is 1. The highest BCUT2D eigenvalue weighted by Gasteiger charge is 2.30. The van der Waals surface area contributed by atoms with E-state index >= 15 is 0 Å². The summed E-state index contributed by atoms with van der Waals surface area (Å²) in [5.41, 5.74) is 8.02. The zero-order valence-corrected chi connectivity index (χ0v) is 11.6. The van der Waals surface area contributed by atoms with Crippen molar-refractivity contribution in [2.45, 2.75) is 38.8 Å². The van der Waals surface area contributed by atoms with Crippen molar-refractivity contribution in [3.05, 3.63) is 23.4 Å². The van der Waals surface area contributed by atoms with Crippen LogP contribution >= 0.6 is 0 Å². The number of likely N-dealkylation sites (N-methyl/N-ethyl adjacent to an activating group) is 1. The molecule has 0 aromatic carbocycles. The largest absolute Gasteiger partial charge is 0.357 e. The molecule has 1 fully saturated rings. The molecule has 0 spiro atoms. The van der Waals surface area contributed by atoms with Crippen molar-refractivity contribution in [2.24, 2.45) is 5.73 Å². The van der Waals surface area contributed by atoms with Gasteiger partial charge in [0.15, 0.2) is 0 Å². The molecule has 5 heteroatoms. The number of carbonyl (C=O) groups excluding carboxylic acids is 1. The van der Waals surface area contributed by atoms with Crippen LogP contribution in [0.25, 0.3) is 0 Å². The van der Waals surface area contributed by atoms with Gasteiger partial charge in [-0.2, -0.15) is 0 Å². The summed E-state index contributed by atoms with van der Waals surface area (Å²) in [5, 5.41) is 2.75. The van der Waals surface area contributed by atoms with E-state index in [1.165, 1.54) is 0 Å². The van der Waals surface area contributed by atoms with Gasteiger partial charge in [0.25, 0.3) is 0 Å². The Morgan fingerprint density at radius 2 is 2.37 bits per heavy atom. The minimum absolute atomic E-state index is 0.0611. The molecule has 1 unspecified atom stereocenters. The maximum absolute atomic E-state index is 12.0. The molecule has 0 aliphatic carbocycles. The highest BCUT2D eigenvalue weighted by molar-refractivity contribution is 5.85. The number of nitrogens with zero attached hydrogens (tertiary/aromatic N) is 2. The quantitative estimate of drug-likeness (QED) is 0.851. The molecule has 5 nitrogen and oxygen atoms in total. The average Bonchev–Trinajstić information content (AvgIpc) is 2.46. The summed E-state index contributed by atoms with van der Waals surface area (Å²) in [6, 6.07) is 1.84. The Morgan fingerprint density at radius 3 is 3.05 bits per heavy atom. The highest BCUT2D eigenvalue weighted by Crippen LogP contribution is 2.27. The summed E-state index contributed by atoms with van der Waals surface area (Å²) in [5.74, 6) is 0.932. The van der Waals surface area contributed by atoms with Crippen molar-refractivity contribution in [1.82, 2.24) is 10.3 Å². The van der Waals surface area contributed by atoms with Crippen molar-refractivity contribution in [3.8, 4) is 0 Å². The Labute approximate surface area is 114 Å². The molecule has 104 valence electrons. The summed E-state index contributed by atoms with van der Waals surface area (Å²) in [4.78, 5) is 18.6. The van der Waals surface area contributed by atoms with Crippen LogP contribution in [0.3, 0.4) is 0 Å². The molecule has 3 N–H and O–H groups in total. The van der Waals surface area contributed by atoms with E-state index in [1.807, 2.05) is 13.0 Å². The number of piperidine rings is 1. The van der Waals surface area contributed by atoms with Gasteiger partial charge >= 0.3 is 0 Å². The fourth-order valence-electron chi connectivity index (χ4n) is 2.70. The summed E-state index contributed by atoms with van der Waals surface area (Å²) in [6.45, 7) is 3.35. The normalized spacial score (nSPS) is 19.3. The van der Waals surface area contributed by atoms with Gasteiger partial charge in [-0.15, -0.1) is 0 Å². The molecule has 19 heavy (non-hydrogen) atoms. The number of carbonyl (C=O) groups is 1. The molecule has 2 rings (SSSR count). The molecular weight excluding hydrogens is 240 g/mol. The van der Waals surface area contributed by atoms with Crippen LogP contribution in [0.15, 0.2) is 12.3 Å². The van der Waals surface area contributed by atoms with E-state index in [0.717, 1.165) is 42.8 Å². The van der Waals surface area contributed by atoms with Gasteiger partial charge in [-0.3, -0.25) is 4.79 Å². The van der Waals surface area contributed by atoms with Crippen LogP contribution < -0.4 is 16.0 Å². The highest BCUT2D eigenvalue weighted by atomic mass is 16.2. The molecule has 0 bridgehead atoms.